The largest absolute Gasteiger partial charge is 0.507 e. The molecule has 4 nitrogen and oxygen atoms in total. The van der Waals surface area contributed by atoms with Crippen molar-refractivity contribution in [3.8, 4) is 5.75 Å². The highest BCUT2D eigenvalue weighted by atomic mass is 16.3. The number of carbonyl (C=O) groups is 1. The maximum Gasteiger partial charge on any atom is 0.255 e. The fourth-order valence-corrected chi connectivity index (χ4v) is 2.66. The van der Waals surface area contributed by atoms with E-state index >= 15 is 0 Å². The number of aromatic hydroxyl groups is 1. The number of para-hydroxylation sites is 2. The standard InChI is InChI=1S/C17H18N2O2/c20-15-9-2-1-8-14(15)17(21)19-11-13-6-3-5-12-7-4-10-18-16(12)13/h1-3,5-6,8-9,18,20H,4,7,10-11H2,(H,19,21). The van der Waals surface area contributed by atoms with Gasteiger partial charge in [-0.25, -0.2) is 0 Å². The number of fused-ring (bicyclic) bond motifs is 1. The summed E-state index contributed by atoms with van der Waals surface area (Å²) in [7, 11) is 0. The molecule has 108 valence electrons. The maximum absolute atomic E-state index is 12.1. The van der Waals surface area contributed by atoms with Crippen LogP contribution in [0.4, 0.5) is 5.69 Å². The van der Waals surface area contributed by atoms with Crippen molar-refractivity contribution >= 4 is 11.6 Å². The smallest absolute Gasteiger partial charge is 0.255 e. The molecule has 0 radical (unpaired) electrons. The summed E-state index contributed by atoms with van der Waals surface area (Å²) >= 11 is 0. The molecule has 0 bridgehead atoms. The first-order valence-electron chi connectivity index (χ1n) is 7.16. The lowest BCUT2D eigenvalue weighted by molar-refractivity contribution is 0.0948. The molecule has 1 aliphatic heterocycles. The van der Waals surface area contributed by atoms with Gasteiger partial charge in [0.15, 0.2) is 0 Å². The summed E-state index contributed by atoms with van der Waals surface area (Å²) in [6.07, 6.45) is 2.21. The molecule has 0 aromatic heterocycles. The summed E-state index contributed by atoms with van der Waals surface area (Å²) in [4.78, 5) is 12.1. The molecule has 1 heterocycles. The van der Waals surface area contributed by atoms with Crippen molar-refractivity contribution in [2.75, 3.05) is 11.9 Å². The number of benzene rings is 2. The first-order chi connectivity index (χ1) is 10.3. The molecule has 3 rings (SSSR count). The number of phenols is 1. The molecule has 0 atom stereocenters. The molecule has 0 saturated heterocycles. The second-order valence-electron chi connectivity index (χ2n) is 5.18. The summed E-state index contributed by atoms with van der Waals surface area (Å²) in [5.74, 6) is -0.260. The number of nitrogens with one attached hydrogen (secondary N) is 2. The molecule has 3 N–H and O–H groups in total. The van der Waals surface area contributed by atoms with Crippen molar-refractivity contribution in [3.05, 3.63) is 59.2 Å². The van der Waals surface area contributed by atoms with Crippen LogP contribution >= 0.6 is 0 Å². The van der Waals surface area contributed by atoms with Crippen LogP contribution < -0.4 is 10.6 Å². The molecule has 1 aliphatic rings. The van der Waals surface area contributed by atoms with E-state index in [1.807, 2.05) is 12.1 Å². The molecule has 0 fully saturated rings. The Labute approximate surface area is 123 Å². The molecule has 1 amide bonds. The monoisotopic (exact) mass is 282 g/mol. The van der Waals surface area contributed by atoms with Gasteiger partial charge in [0.25, 0.3) is 5.91 Å². The third kappa shape index (κ3) is 2.84. The van der Waals surface area contributed by atoms with Gasteiger partial charge in [-0.05, 0) is 36.1 Å². The minimum absolute atomic E-state index is 0.00298. The van der Waals surface area contributed by atoms with E-state index in [1.165, 1.54) is 11.6 Å². The van der Waals surface area contributed by atoms with Gasteiger partial charge in [-0.15, -0.1) is 0 Å². The Morgan fingerprint density at radius 2 is 2.05 bits per heavy atom. The third-order valence-electron chi connectivity index (χ3n) is 3.75. The molecular formula is C17H18N2O2. The molecule has 0 spiro atoms. The first kappa shape index (κ1) is 13.5. The van der Waals surface area contributed by atoms with Crippen LogP contribution in [0.25, 0.3) is 0 Å². The number of amides is 1. The molecule has 21 heavy (non-hydrogen) atoms. The summed E-state index contributed by atoms with van der Waals surface area (Å²) in [5, 5.41) is 16.0. The van der Waals surface area contributed by atoms with Crippen molar-refractivity contribution in [2.24, 2.45) is 0 Å². The quantitative estimate of drug-likeness (QED) is 0.811. The Hall–Kier alpha value is -2.49. The van der Waals surface area contributed by atoms with Gasteiger partial charge in [0.1, 0.15) is 5.75 Å². The van der Waals surface area contributed by atoms with Crippen LogP contribution in [-0.2, 0) is 13.0 Å². The van der Waals surface area contributed by atoms with Gasteiger partial charge in [0.05, 0.1) is 5.56 Å². The zero-order chi connectivity index (χ0) is 14.7. The normalized spacial score (nSPS) is 13.1. The number of carbonyl (C=O) groups excluding carboxylic acids is 1. The average Bonchev–Trinajstić information content (AvgIpc) is 2.53. The summed E-state index contributed by atoms with van der Waals surface area (Å²) in [5.41, 5.74) is 3.82. The number of hydrogen-bond donors (Lipinski definition) is 3. The molecule has 2 aromatic carbocycles. The van der Waals surface area contributed by atoms with Crippen molar-refractivity contribution in [3.63, 3.8) is 0 Å². The number of hydrogen-bond acceptors (Lipinski definition) is 3. The van der Waals surface area contributed by atoms with Gasteiger partial charge in [-0.3, -0.25) is 4.79 Å². The molecule has 0 saturated carbocycles. The van der Waals surface area contributed by atoms with E-state index in [1.54, 1.807) is 18.2 Å². The van der Waals surface area contributed by atoms with Crippen LogP contribution in [0.3, 0.4) is 0 Å². The Morgan fingerprint density at radius 1 is 1.19 bits per heavy atom. The van der Waals surface area contributed by atoms with Crippen LogP contribution in [0, 0.1) is 0 Å². The van der Waals surface area contributed by atoms with Crippen LogP contribution in [-0.4, -0.2) is 17.6 Å². The van der Waals surface area contributed by atoms with Gasteiger partial charge < -0.3 is 15.7 Å². The summed E-state index contributed by atoms with van der Waals surface area (Å²) in [6, 6.07) is 12.7. The SMILES string of the molecule is O=C(NCc1cccc2c1NCCC2)c1ccccc1O. The zero-order valence-electron chi connectivity index (χ0n) is 11.7. The highest BCUT2D eigenvalue weighted by Crippen LogP contribution is 2.26. The van der Waals surface area contributed by atoms with Gasteiger partial charge in [-0.2, -0.15) is 0 Å². The second-order valence-corrected chi connectivity index (χ2v) is 5.18. The molecule has 2 aromatic rings. The second kappa shape index (κ2) is 5.87. The van der Waals surface area contributed by atoms with E-state index in [9.17, 15) is 9.90 Å². The number of anilines is 1. The van der Waals surface area contributed by atoms with E-state index in [0.29, 0.717) is 12.1 Å². The van der Waals surface area contributed by atoms with Crippen LogP contribution in [0.15, 0.2) is 42.5 Å². The first-order valence-corrected chi connectivity index (χ1v) is 7.16. The van der Waals surface area contributed by atoms with E-state index in [2.05, 4.69) is 16.7 Å². The van der Waals surface area contributed by atoms with Gasteiger partial charge in [-0.1, -0.05) is 30.3 Å². The molecular weight excluding hydrogens is 264 g/mol. The minimum Gasteiger partial charge on any atom is -0.507 e. The van der Waals surface area contributed by atoms with E-state index < -0.39 is 0 Å². The van der Waals surface area contributed by atoms with Gasteiger partial charge in [0, 0.05) is 18.8 Å². The minimum atomic E-state index is -0.262. The van der Waals surface area contributed by atoms with Crippen molar-refractivity contribution in [1.82, 2.24) is 5.32 Å². The maximum atomic E-state index is 12.1. The van der Waals surface area contributed by atoms with Crippen molar-refractivity contribution in [1.29, 1.82) is 0 Å². The van der Waals surface area contributed by atoms with E-state index in [0.717, 1.165) is 30.6 Å². The summed E-state index contributed by atoms with van der Waals surface area (Å²) < 4.78 is 0. The third-order valence-corrected chi connectivity index (χ3v) is 3.75. The number of aryl methyl sites for hydroxylation is 1. The van der Waals surface area contributed by atoms with E-state index in [-0.39, 0.29) is 11.7 Å². The predicted molar refractivity (Wildman–Crippen MR) is 82.5 cm³/mol. The highest BCUT2D eigenvalue weighted by molar-refractivity contribution is 5.96. The fraction of sp³-hybridized carbons (Fsp3) is 0.235. The van der Waals surface area contributed by atoms with Crippen LogP contribution in [0.1, 0.15) is 27.9 Å². The van der Waals surface area contributed by atoms with Crippen LogP contribution in [0.5, 0.6) is 5.75 Å². The predicted octanol–water partition coefficient (Wildman–Crippen LogP) is 2.68. The van der Waals surface area contributed by atoms with Gasteiger partial charge >= 0.3 is 0 Å². The Morgan fingerprint density at radius 3 is 2.90 bits per heavy atom. The number of phenolic OH excluding ortho intramolecular Hbond substituents is 1. The Kier molecular flexibility index (Phi) is 3.77. The van der Waals surface area contributed by atoms with Crippen LogP contribution in [0.2, 0.25) is 0 Å². The molecule has 0 unspecified atom stereocenters. The lowest BCUT2D eigenvalue weighted by Crippen LogP contribution is -2.24. The average molecular weight is 282 g/mol. The lowest BCUT2D eigenvalue weighted by atomic mass is 9.99. The fourth-order valence-electron chi connectivity index (χ4n) is 2.66. The Balaban J connectivity index is 1.74. The van der Waals surface area contributed by atoms with Crippen molar-refractivity contribution < 1.29 is 9.90 Å². The lowest BCUT2D eigenvalue weighted by Gasteiger charge is -2.21. The topological polar surface area (TPSA) is 61.4 Å². The van der Waals surface area contributed by atoms with E-state index in [4.69, 9.17) is 0 Å². The Bertz CT molecular complexity index is 668. The van der Waals surface area contributed by atoms with Crippen molar-refractivity contribution in [2.45, 2.75) is 19.4 Å². The highest BCUT2D eigenvalue weighted by Gasteiger charge is 2.14. The zero-order valence-corrected chi connectivity index (χ0v) is 11.7. The summed E-state index contributed by atoms with van der Waals surface area (Å²) in [6.45, 7) is 1.42. The van der Waals surface area contributed by atoms with Gasteiger partial charge in [0.2, 0.25) is 0 Å². The molecule has 4 heteroatoms. The molecule has 0 aliphatic carbocycles. The number of rotatable bonds is 3.